The predicted molar refractivity (Wildman–Crippen MR) is 139 cm³/mol. The first-order valence-corrected chi connectivity index (χ1v) is 12.8. The Bertz CT molecular complexity index is 1080. The highest BCUT2D eigenvalue weighted by atomic mass is 16.7. The minimum absolute atomic E-state index is 0.0489. The SMILES string of the molecule is CC(C)c1ccc(OC(CCN2CCN(Cc3ccc4c(c3)OCO4)CC2)c2ccccc2)cc1. The molecule has 0 aliphatic carbocycles. The van der Waals surface area contributed by atoms with Gasteiger partial charge in [-0.25, -0.2) is 0 Å². The Balaban J connectivity index is 1.14. The van der Waals surface area contributed by atoms with Crippen molar-refractivity contribution in [1.82, 2.24) is 9.80 Å². The molecule has 0 aromatic heterocycles. The second-order valence-corrected chi connectivity index (χ2v) is 9.83. The molecule has 0 radical (unpaired) electrons. The zero-order valence-corrected chi connectivity index (χ0v) is 20.9. The molecule has 3 aromatic rings. The van der Waals surface area contributed by atoms with Gasteiger partial charge in [-0.15, -0.1) is 0 Å². The molecule has 2 aliphatic heterocycles. The van der Waals surface area contributed by atoms with E-state index in [9.17, 15) is 0 Å². The highest BCUT2D eigenvalue weighted by Gasteiger charge is 2.21. The van der Waals surface area contributed by atoms with Crippen molar-refractivity contribution in [2.45, 2.75) is 38.8 Å². The summed E-state index contributed by atoms with van der Waals surface area (Å²) < 4.78 is 17.5. The van der Waals surface area contributed by atoms with Crippen LogP contribution in [0.25, 0.3) is 0 Å². The van der Waals surface area contributed by atoms with Crippen LogP contribution in [0.3, 0.4) is 0 Å². The zero-order chi connectivity index (χ0) is 24.0. The molecule has 0 amide bonds. The largest absolute Gasteiger partial charge is 0.486 e. The molecule has 1 fully saturated rings. The highest BCUT2D eigenvalue weighted by molar-refractivity contribution is 5.44. The van der Waals surface area contributed by atoms with Crippen LogP contribution in [0, 0.1) is 0 Å². The summed E-state index contributed by atoms with van der Waals surface area (Å²) in [5.74, 6) is 3.19. The van der Waals surface area contributed by atoms with Crippen LogP contribution in [0.15, 0.2) is 72.8 Å². The van der Waals surface area contributed by atoms with Crippen LogP contribution < -0.4 is 14.2 Å². The quantitative estimate of drug-likeness (QED) is 0.389. The molecule has 0 bridgehead atoms. The van der Waals surface area contributed by atoms with E-state index in [1.165, 1.54) is 16.7 Å². The monoisotopic (exact) mass is 472 g/mol. The zero-order valence-electron chi connectivity index (χ0n) is 20.9. The molecule has 2 heterocycles. The molecule has 1 atom stereocenters. The summed E-state index contributed by atoms with van der Waals surface area (Å²) in [5, 5.41) is 0. The smallest absolute Gasteiger partial charge is 0.231 e. The average Bonchev–Trinajstić information content (AvgIpc) is 3.36. The van der Waals surface area contributed by atoms with E-state index >= 15 is 0 Å². The number of nitrogens with zero attached hydrogens (tertiary/aromatic N) is 2. The Labute approximate surface area is 209 Å². The first-order valence-electron chi connectivity index (χ1n) is 12.8. The van der Waals surface area contributed by atoms with Crippen molar-refractivity contribution >= 4 is 0 Å². The lowest BCUT2D eigenvalue weighted by Crippen LogP contribution is -2.46. The van der Waals surface area contributed by atoms with Crippen molar-refractivity contribution in [3.8, 4) is 17.2 Å². The summed E-state index contributed by atoms with van der Waals surface area (Å²) in [6, 6.07) is 25.5. The minimum Gasteiger partial charge on any atom is -0.486 e. The van der Waals surface area contributed by atoms with E-state index in [2.05, 4.69) is 90.4 Å². The van der Waals surface area contributed by atoms with E-state index < -0.39 is 0 Å². The van der Waals surface area contributed by atoms with Crippen molar-refractivity contribution in [2.75, 3.05) is 39.5 Å². The lowest BCUT2D eigenvalue weighted by Gasteiger charge is -2.35. The maximum Gasteiger partial charge on any atom is 0.231 e. The van der Waals surface area contributed by atoms with Gasteiger partial charge >= 0.3 is 0 Å². The predicted octanol–water partition coefficient (Wildman–Crippen LogP) is 5.87. The fourth-order valence-corrected chi connectivity index (χ4v) is 4.83. The van der Waals surface area contributed by atoms with E-state index in [1.54, 1.807) is 0 Å². The van der Waals surface area contributed by atoms with Crippen molar-refractivity contribution in [2.24, 2.45) is 0 Å². The van der Waals surface area contributed by atoms with Gasteiger partial charge in [0.15, 0.2) is 11.5 Å². The standard InChI is InChI=1S/C30H36N2O3/c1-23(2)25-9-11-27(12-10-25)35-28(26-6-4-3-5-7-26)14-15-31-16-18-32(19-17-31)21-24-8-13-29-30(20-24)34-22-33-29/h3-13,20,23,28H,14-19,21-22H2,1-2H3. The molecule has 184 valence electrons. The molecule has 3 aromatic carbocycles. The Morgan fingerprint density at radius 3 is 2.23 bits per heavy atom. The lowest BCUT2D eigenvalue weighted by molar-refractivity contribution is 0.107. The van der Waals surface area contributed by atoms with Gasteiger partial charge in [-0.1, -0.05) is 62.4 Å². The summed E-state index contributed by atoms with van der Waals surface area (Å²) in [4.78, 5) is 5.09. The third-order valence-electron chi connectivity index (χ3n) is 7.01. The average molecular weight is 473 g/mol. The maximum absolute atomic E-state index is 6.50. The maximum atomic E-state index is 6.50. The number of fused-ring (bicyclic) bond motifs is 1. The third-order valence-corrected chi connectivity index (χ3v) is 7.01. The van der Waals surface area contributed by atoms with Gasteiger partial charge < -0.3 is 19.1 Å². The Hall–Kier alpha value is -3.02. The third kappa shape index (κ3) is 6.16. The van der Waals surface area contributed by atoms with Gasteiger partial charge in [-0.3, -0.25) is 4.90 Å². The molecular formula is C30H36N2O3. The van der Waals surface area contributed by atoms with Crippen LogP contribution in [0.1, 0.15) is 49.0 Å². The van der Waals surface area contributed by atoms with Gasteiger partial charge in [0.05, 0.1) is 0 Å². The van der Waals surface area contributed by atoms with Crippen LogP contribution in [0.2, 0.25) is 0 Å². The van der Waals surface area contributed by atoms with Crippen molar-refractivity contribution < 1.29 is 14.2 Å². The fraction of sp³-hybridized carbons (Fsp3) is 0.400. The number of hydrogen-bond donors (Lipinski definition) is 0. The van der Waals surface area contributed by atoms with E-state index in [1.807, 2.05) is 6.07 Å². The number of hydrogen-bond acceptors (Lipinski definition) is 5. The van der Waals surface area contributed by atoms with Crippen LogP contribution in [0.5, 0.6) is 17.2 Å². The first kappa shape index (κ1) is 23.7. The molecule has 0 saturated carbocycles. The Morgan fingerprint density at radius 2 is 1.49 bits per heavy atom. The van der Waals surface area contributed by atoms with E-state index in [4.69, 9.17) is 14.2 Å². The molecule has 35 heavy (non-hydrogen) atoms. The minimum atomic E-state index is 0.0489. The number of ether oxygens (including phenoxy) is 3. The van der Waals surface area contributed by atoms with E-state index in [0.717, 1.165) is 62.9 Å². The topological polar surface area (TPSA) is 34.2 Å². The molecule has 2 aliphatic rings. The summed E-state index contributed by atoms with van der Waals surface area (Å²) in [6.07, 6.45) is 1.02. The van der Waals surface area contributed by atoms with Crippen molar-refractivity contribution in [3.63, 3.8) is 0 Å². The molecule has 1 saturated heterocycles. The summed E-state index contributed by atoms with van der Waals surface area (Å²) in [5.41, 5.74) is 3.86. The van der Waals surface area contributed by atoms with Crippen molar-refractivity contribution in [1.29, 1.82) is 0 Å². The Kier molecular flexibility index (Phi) is 7.55. The summed E-state index contributed by atoms with van der Waals surface area (Å²) >= 11 is 0. The van der Waals surface area contributed by atoms with Gasteiger partial charge in [0.1, 0.15) is 11.9 Å². The number of piperazine rings is 1. The normalized spacial score (nSPS) is 17.0. The Morgan fingerprint density at radius 1 is 0.771 bits per heavy atom. The van der Waals surface area contributed by atoms with Crippen LogP contribution in [0.4, 0.5) is 0 Å². The molecule has 5 nitrogen and oxygen atoms in total. The summed E-state index contributed by atoms with van der Waals surface area (Å²) in [7, 11) is 0. The van der Waals surface area contributed by atoms with Crippen LogP contribution >= 0.6 is 0 Å². The number of rotatable bonds is 9. The number of benzene rings is 3. The van der Waals surface area contributed by atoms with Crippen LogP contribution in [-0.2, 0) is 6.54 Å². The fourth-order valence-electron chi connectivity index (χ4n) is 4.83. The first-order chi connectivity index (χ1) is 17.1. The molecule has 1 unspecified atom stereocenters. The second-order valence-electron chi connectivity index (χ2n) is 9.83. The highest BCUT2D eigenvalue weighted by Crippen LogP contribution is 2.33. The lowest BCUT2D eigenvalue weighted by atomic mass is 10.0. The van der Waals surface area contributed by atoms with Gasteiger partial charge in [0.25, 0.3) is 0 Å². The van der Waals surface area contributed by atoms with Gasteiger partial charge in [-0.2, -0.15) is 0 Å². The molecular weight excluding hydrogens is 436 g/mol. The second kappa shape index (κ2) is 11.1. The van der Waals surface area contributed by atoms with E-state index in [0.29, 0.717) is 12.7 Å². The molecule has 5 rings (SSSR count). The van der Waals surface area contributed by atoms with Gasteiger partial charge in [0, 0.05) is 45.7 Å². The van der Waals surface area contributed by atoms with Crippen molar-refractivity contribution in [3.05, 3.63) is 89.5 Å². The van der Waals surface area contributed by atoms with Crippen LogP contribution in [-0.4, -0.2) is 49.3 Å². The summed E-state index contributed by atoms with van der Waals surface area (Å²) in [6.45, 7) is 11.0. The molecule has 0 spiro atoms. The van der Waals surface area contributed by atoms with Gasteiger partial charge in [0.2, 0.25) is 6.79 Å². The van der Waals surface area contributed by atoms with E-state index in [-0.39, 0.29) is 6.10 Å². The molecule has 0 N–H and O–H groups in total. The van der Waals surface area contributed by atoms with Gasteiger partial charge in [-0.05, 0) is 46.9 Å². The molecule has 5 heteroatoms.